The summed E-state index contributed by atoms with van der Waals surface area (Å²) >= 11 is 8.39. The Kier molecular flexibility index (Phi) is 3.39. The van der Waals surface area contributed by atoms with Gasteiger partial charge in [0.1, 0.15) is 5.82 Å². The van der Waals surface area contributed by atoms with E-state index in [1.807, 2.05) is 18.2 Å². The second-order valence-electron chi connectivity index (χ2n) is 4.25. The average Bonchev–Trinajstić information content (AvgIpc) is 2.83. The van der Waals surface area contributed by atoms with E-state index in [0.29, 0.717) is 21.9 Å². The van der Waals surface area contributed by atoms with Gasteiger partial charge >= 0.3 is 5.97 Å². The highest BCUT2D eigenvalue weighted by Crippen LogP contribution is 2.29. The molecule has 0 unspecified atom stereocenters. The van der Waals surface area contributed by atoms with Gasteiger partial charge in [-0.25, -0.2) is 9.78 Å². The molecule has 2 aromatic carbocycles. The van der Waals surface area contributed by atoms with Crippen LogP contribution < -0.4 is 0 Å². The molecule has 1 heterocycles. The Bertz CT molecular complexity index is 829. The van der Waals surface area contributed by atoms with Crippen LogP contribution in [-0.2, 0) is 0 Å². The van der Waals surface area contributed by atoms with Gasteiger partial charge in [-0.3, -0.25) is 0 Å². The molecule has 6 heteroatoms. The summed E-state index contributed by atoms with van der Waals surface area (Å²) in [5, 5.41) is 9.59. The first-order chi connectivity index (χ1) is 9.54. The fourth-order valence-corrected chi connectivity index (χ4v) is 2.65. The standard InChI is InChI=1S/C14H8ClIN2O2/c15-10-3-2-8(16)6-9(10)13-17-11-4-1-7(14(19)20)5-12(11)18-13/h1-6H,(H,17,18)(H,19,20). The molecule has 3 rings (SSSR count). The van der Waals surface area contributed by atoms with Gasteiger partial charge in [0.05, 0.1) is 21.6 Å². The number of rotatable bonds is 2. The molecule has 20 heavy (non-hydrogen) atoms. The zero-order chi connectivity index (χ0) is 14.3. The van der Waals surface area contributed by atoms with Gasteiger partial charge in [-0.15, -0.1) is 0 Å². The minimum Gasteiger partial charge on any atom is -0.478 e. The maximum atomic E-state index is 11.0. The molecule has 0 atom stereocenters. The molecule has 3 aromatic rings. The lowest BCUT2D eigenvalue weighted by atomic mass is 10.2. The van der Waals surface area contributed by atoms with Crippen LogP contribution in [0, 0.1) is 3.57 Å². The highest BCUT2D eigenvalue weighted by molar-refractivity contribution is 14.1. The van der Waals surface area contributed by atoms with Crippen LogP contribution in [0.5, 0.6) is 0 Å². The molecule has 0 saturated carbocycles. The van der Waals surface area contributed by atoms with Crippen molar-refractivity contribution in [3.8, 4) is 11.4 Å². The molecule has 0 amide bonds. The first kappa shape index (κ1) is 13.4. The van der Waals surface area contributed by atoms with Gasteiger partial charge < -0.3 is 10.1 Å². The summed E-state index contributed by atoms with van der Waals surface area (Å²) in [5.41, 5.74) is 2.41. The van der Waals surface area contributed by atoms with Crippen molar-refractivity contribution in [1.29, 1.82) is 0 Å². The Balaban J connectivity index is 2.17. The third-order valence-corrected chi connectivity index (χ3v) is 3.91. The van der Waals surface area contributed by atoms with Crippen LogP contribution in [-0.4, -0.2) is 21.0 Å². The maximum Gasteiger partial charge on any atom is 0.335 e. The van der Waals surface area contributed by atoms with Crippen LogP contribution in [0.1, 0.15) is 10.4 Å². The number of nitrogens with one attached hydrogen (secondary N) is 1. The summed E-state index contributed by atoms with van der Waals surface area (Å²) < 4.78 is 1.05. The largest absolute Gasteiger partial charge is 0.478 e. The number of aromatic nitrogens is 2. The minimum absolute atomic E-state index is 0.224. The van der Waals surface area contributed by atoms with Crippen LogP contribution in [0.3, 0.4) is 0 Å². The van der Waals surface area contributed by atoms with Gasteiger partial charge in [0.25, 0.3) is 0 Å². The summed E-state index contributed by atoms with van der Waals surface area (Å²) in [5.74, 6) is -0.332. The van der Waals surface area contributed by atoms with Crippen LogP contribution in [0.2, 0.25) is 5.02 Å². The van der Waals surface area contributed by atoms with Crippen molar-refractivity contribution in [3.63, 3.8) is 0 Å². The molecule has 1 aromatic heterocycles. The highest BCUT2D eigenvalue weighted by atomic mass is 127. The van der Waals surface area contributed by atoms with E-state index in [1.54, 1.807) is 12.1 Å². The number of aromatic carboxylic acids is 1. The normalized spacial score (nSPS) is 10.9. The zero-order valence-electron chi connectivity index (χ0n) is 10.0. The van der Waals surface area contributed by atoms with Gasteiger partial charge in [0.2, 0.25) is 0 Å². The lowest BCUT2D eigenvalue weighted by molar-refractivity contribution is 0.0697. The number of nitrogens with zero attached hydrogens (tertiary/aromatic N) is 1. The van der Waals surface area contributed by atoms with Crippen LogP contribution in [0.15, 0.2) is 36.4 Å². The number of carboxylic acids is 1. The Morgan fingerprint density at radius 3 is 2.80 bits per heavy atom. The van der Waals surface area contributed by atoms with E-state index in [0.717, 1.165) is 9.13 Å². The van der Waals surface area contributed by atoms with Crippen molar-refractivity contribution in [1.82, 2.24) is 9.97 Å². The van der Waals surface area contributed by atoms with Gasteiger partial charge in [0.15, 0.2) is 0 Å². The topological polar surface area (TPSA) is 66.0 Å². The van der Waals surface area contributed by atoms with Crippen molar-refractivity contribution in [3.05, 3.63) is 50.6 Å². The number of H-pyrrole nitrogens is 1. The van der Waals surface area contributed by atoms with Crippen LogP contribution in [0.4, 0.5) is 0 Å². The fraction of sp³-hybridized carbons (Fsp3) is 0. The van der Waals surface area contributed by atoms with Crippen molar-refractivity contribution >= 4 is 51.2 Å². The summed E-state index contributed by atoms with van der Waals surface area (Å²) in [6.45, 7) is 0. The van der Waals surface area contributed by atoms with E-state index >= 15 is 0 Å². The summed E-state index contributed by atoms with van der Waals surface area (Å²) in [6, 6.07) is 10.4. The second-order valence-corrected chi connectivity index (χ2v) is 5.90. The number of aromatic amines is 1. The quantitative estimate of drug-likeness (QED) is 0.636. The molecule has 0 aliphatic rings. The molecule has 0 aliphatic carbocycles. The van der Waals surface area contributed by atoms with Crippen molar-refractivity contribution < 1.29 is 9.90 Å². The number of imidazole rings is 1. The first-order valence-electron chi connectivity index (χ1n) is 5.73. The van der Waals surface area contributed by atoms with Crippen LogP contribution >= 0.6 is 34.2 Å². The van der Waals surface area contributed by atoms with Crippen molar-refractivity contribution in [2.45, 2.75) is 0 Å². The average molecular weight is 399 g/mol. The number of halogens is 2. The smallest absolute Gasteiger partial charge is 0.335 e. The second kappa shape index (κ2) is 5.06. The highest BCUT2D eigenvalue weighted by Gasteiger charge is 2.11. The SMILES string of the molecule is O=C(O)c1ccc2nc(-c3cc(I)ccc3Cl)[nH]c2c1. The maximum absolute atomic E-state index is 11.0. The number of hydrogen-bond donors (Lipinski definition) is 2. The zero-order valence-corrected chi connectivity index (χ0v) is 12.9. The lowest BCUT2D eigenvalue weighted by Gasteiger charge is -2.00. The molecule has 0 fully saturated rings. The fourth-order valence-electron chi connectivity index (χ4n) is 1.95. The molecule has 0 bridgehead atoms. The first-order valence-corrected chi connectivity index (χ1v) is 7.19. The van der Waals surface area contributed by atoms with Crippen molar-refractivity contribution in [2.24, 2.45) is 0 Å². The summed E-state index contributed by atoms with van der Waals surface area (Å²) in [6.07, 6.45) is 0. The van der Waals surface area contributed by atoms with Gasteiger partial charge in [-0.05, 0) is 59.0 Å². The molecule has 0 saturated heterocycles. The van der Waals surface area contributed by atoms with E-state index in [-0.39, 0.29) is 5.56 Å². The lowest BCUT2D eigenvalue weighted by Crippen LogP contribution is -1.94. The summed E-state index contributed by atoms with van der Waals surface area (Å²) in [7, 11) is 0. The Morgan fingerprint density at radius 1 is 1.25 bits per heavy atom. The number of benzene rings is 2. The molecule has 0 radical (unpaired) electrons. The molecular weight excluding hydrogens is 391 g/mol. The number of carbonyl (C=O) groups is 1. The van der Waals surface area contributed by atoms with E-state index in [1.165, 1.54) is 6.07 Å². The molecule has 2 N–H and O–H groups in total. The number of hydrogen-bond acceptors (Lipinski definition) is 2. The molecule has 0 spiro atoms. The molecule has 0 aliphatic heterocycles. The third-order valence-electron chi connectivity index (χ3n) is 2.91. The van der Waals surface area contributed by atoms with E-state index in [4.69, 9.17) is 16.7 Å². The van der Waals surface area contributed by atoms with Gasteiger partial charge in [0, 0.05) is 9.13 Å². The monoisotopic (exact) mass is 398 g/mol. The Morgan fingerprint density at radius 2 is 2.05 bits per heavy atom. The van der Waals surface area contributed by atoms with E-state index in [2.05, 4.69) is 32.6 Å². The van der Waals surface area contributed by atoms with Gasteiger partial charge in [-0.1, -0.05) is 11.6 Å². The van der Waals surface area contributed by atoms with Crippen LogP contribution in [0.25, 0.3) is 22.4 Å². The Labute approximate surface area is 132 Å². The van der Waals surface area contributed by atoms with Crippen molar-refractivity contribution in [2.75, 3.05) is 0 Å². The Hall–Kier alpha value is -1.60. The third kappa shape index (κ3) is 2.38. The number of carboxylic acid groups (broad SMARTS) is 1. The molecule has 100 valence electrons. The predicted octanol–water partition coefficient (Wildman–Crippen LogP) is 4.19. The minimum atomic E-state index is -0.963. The summed E-state index contributed by atoms with van der Waals surface area (Å²) in [4.78, 5) is 18.5. The predicted molar refractivity (Wildman–Crippen MR) is 86.2 cm³/mol. The van der Waals surface area contributed by atoms with E-state index in [9.17, 15) is 4.79 Å². The van der Waals surface area contributed by atoms with Gasteiger partial charge in [-0.2, -0.15) is 0 Å². The number of fused-ring (bicyclic) bond motifs is 1. The molecular formula is C14H8ClIN2O2. The van der Waals surface area contributed by atoms with E-state index < -0.39 is 5.97 Å². The molecule has 4 nitrogen and oxygen atoms in total.